The van der Waals surface area contributed by atoms with Crippen LogP contribution in [-0.4, -0.2) is 27.0 Å². The lowest BCUT2D eigenvalue weighted by molar-refractivity contribution is 0.251. The molecule has 1 heterocycles. The van der Waals surface area contributed by atoms with Crippen molar-refractivity contribution in [2.75, 3.05) is 17.7 Å². The molecule has 0 radical (unpaired) electrons. The molecule has 0 amide bonds. The molecule has 0 bridgehead atoms. The van der Waals surface area contributed by atoms with E-state index in [0.717, 1.165) is 17.9 Å². The molecule has 1 aromatic heterocycles. The second-order valence-electron chi connectivity index (χ2n) is 5.40. The molecular weight excluding hydrogens is 228 g/mol. The van der Waals surface area contributed by atoms with Crippen LogP contribution in [0.5, 0.6) is 0 Å². The highest BCUT2D eigenvalue weighted by Gasteiger charge is 2.25. The summed E-state index contributed by atoms with van der Waals surface area (Å²) in [5, 5.41) is 17.1. The first kappa shape index (κ1) is 14.8. The van der Waals surface area contributed by atoms with Gasteiger partial charge in [-0.2, -0.15) is 5.10 Å². The Morgan fingerprint density at radius 1 is 1.50 bits per heavy atom. The molecule has 5 heteroatoms. The van der Waals surface area contributed by atoms with Gasteiger partial charge in [0.15, 0.2) is 0 Å². The number of aliphatic hydroxyl groups is 1. The van der Waals surface area contributed by atoms with Gasteiger partial charge in [0.05, 0.1) is 11.4 Å². The van der Waals surface area contributed by atoms with Crippen LogP contribution in [0.4, 0.5) is 11.5 Å². The van der Waals surface area contributed by atoms with Crippen molar-refractivity contribution in [2.24, 2.45) is 0 Å². The van der Waals surface area contributed by atoms with Crippen molar-refractivity contribution in [1.29, 1.82) is 0 Å². The Balaban J connectivity index is 3.09. The molecule has 0 fully saturated rings. The van der Waals surface area contributed by atoms with Crippen LogP contribution in [0.2, 0.25) is 0 Å². The summed E-state index contributed by atoms with van der Waals surface area (Å²) in [5.41, 5.74) is 7.46. The molecule has 1 aromatic rings. The predicted molar refractivity (Wildman–Crippen MR) is 75.8 cm³/mol. The zero-order chi connectivity index (χ0) is 13.9. The van der Waals surface area contributed by atoms with Crippen molar-refractivity contribution >= 4 is 11.5 Å². The number of nitrogens with zero attached hydrogens (tertiary/aromatic N) is 2. The largest absolute Gasteiger partial charge is 0.396 e. The van der Waals surface area contributed by atoms with Crippen LogP contribution in [0.1, 0.15) is 52.3 Å². The van der Waals surface area contributed by atoms with E-state index in [9.17, 15) is 5.11 Å². The van der Waals surface area contributed by atoms with Gasteiger partial charge in [0.2, 0.25) is 0 Å². The maximum Gasteiger partial charge on any atom is 0.148 e. The first-order valence-electron chi connectivity index (χ1n) is 6.58. The second kappa shape index (κ2) is 5.61. The van der Waals surface area contributed by atoms with Crippen molar-refractivity contribution in [3.05, 3.63) is 5.69 Å². The van der Waals surface area contributed by atoms with Crippen molar-refractivity contribution < 1.29 is 5.11 Å². The van der Waals surface area contributed by atoms with Gasteiger partial charge in [-0.05, 0) is 40.5 Å². The SMILES string of the molecule is CCC(C)(CCO)Nc1c(N)c(C)nn1C(C)C. The van der Waals surface area contributed by atoms with Crippen molar-refractivity contribution in [3.8, 4) is 0 Å². The lowest BCUT2D eigenvalue weighted by atomic mass is 9.95. The molecule has 1 atom stereocenters. The second-order valence-corrected chi connectivity index (χ2v) is 5.40. The molecule has 1 rings (SSSR count). The third-order valence-corrected chi connectivity index (χ3v) is 3.48. The maximum absolute atomic E-state index is 9.17. The fourth-order valence-electron chi connectivity index (χ4n) is 1.92. The van der Waals surface area contributed by atoms with Crippen molar-refractivity contribution in [3.63, 3.8) is 0 Å². The number of aryl methyl sites for hydroxylation is 1. The lowest BCUT2D eigenvalue weighted by Gasteiger charge is -2.31. The molecule has 0 aliphatic rings. The van der Waals surface area contributed by atoms with Crippen LogP contribution in [-0.2, 0) is 0 Å². The van der Waals surface area contributed by atoms with E-state index in [4.69, 9.17) is 5.73 Å². The van der Waals surface area contributed by atoms with Gasteiger partial charge in [0, 0.05) is 18.2 Å². The summed E-state index contributed by atoms with van der Waals surface area (Å²) < 4.78 is 1.91. The number of nitrogens with two attached hydrogens (primary N) is 1. The molecule has 0 aliphatic heterocycles. The van der Waals surface area contributed by atoms with E-state index >= 15 is 0 Å². The lowest BCUT2D eigenvalue weighted by Crippen LogP contribution is -2.36. The van der Waals surface area contributed by atoms with Gasteiger partial charge in [0.1, 0.15) is 5.82 Å². The Hall–Kier alpha value is -1.23. The Morgan fingerprint density at radius 3 is 2.56 bits per heavy atom. The van der Waals surface area contributed by atoms with E-state index < -0.39 is 0 Å². The average Bonchev–Trinajstić information content (AvgIpc) is 2.58. The Kier molecular flexibility index (Phi) is 4.62. The van der Waals surface area contributed by atoms with Crippen LogP contribution in [0, 0.1) is 6.92 Å². The molecule has 4 N–H and O–H groups in total. The molecule has 18 heavy (non-hydrogen) atoms. The summed E-state index contributed by atoms with van der Waals surface area (Å²) in [4.78, 5) is 0. The van der Waals surface area contributed by atoms with Gasteiger partial charge in [-0.25, -0.2) is 4.68 Å². The monoisotopic (exact) mass is 254 g/mol. The number of aliphatic hydroxyl groups excluding tert-OH is 1. The van der Waals surface area contributed by atoms with Gasteiger partial charge in [-0.1, -0.05) is 6.92 Å². The fourth-order valence-corrected chi connectivity index (χ4v) is 1.92. The van der Waals surface area contributed by atoms with Crippen LogP contribution in [0.25, 0.3) is 0 Å². The van der Waals surface area contributed by atoms with E-state index in [1.165, 1.54) is 0 Å². The number of nitrogen functional groups attached to an aromatic ring is 1. The van der Waals surface area contributed by atoms with E-state index in [0.29, 0.717) is 12.1 Å². The van der Waals surface area contributed by atoms with Crippen LogP contribution < -0.4 is 11.1 Å². The summed E-state index contributed by atoms with van der Waals surface area (Å²) in [7, 11) is 0. The van der Waals surface area contributed by atoms with Gasteiger partial charge in [0.25, 0.3) is 0 Å². The molecule has 0 saturated heterocycles. The summed E-state index contributed by atoms with van der Waals surface area (Å²) in [6.07, 6.45) is 1.60. The maximum atomic E-state index is 9.17. The zero-order valence-electron chi connectivity index (χ0n) is 12.1. The highest BCUT2D eigenvalue weighted by atomic mass is 16.3. The molecule has 1 unspecified atom stereocenters. The van der Waals surface area contributed by atoms with Crippen molar-refractivity contribution in [2.45, 2.75) is 59.0 Å². The molecule has 0 aromatic carbocycles. The Bertz CT molecular complexity index is 400. The third kappa shape index (κ3) is 2.96. The molecule has 104 valence electrons. The van der Waals surface area contributed by atoms with Gasteiger partial charge >= 0.3 is 0 Å². The number of aromatic nitrogens is 2. The summed E-state index contributed by atoms with van der Waals surface area (Å²) in [6.45, 7) is 10.4. The smallest absolute Gasteiger partial charge is 0.148 e. The van der Waals surface area contributed by atoms with Crippen LogP contribution in [0.3, 0.4) is 0 Å². The fraction of sp³-hybridized carbons (Fsp3) is 0.769. The van der Waals surface area contributed by atoms with Gasteiger partial charge in [-0.15, -0.1) is 0 Å². The topological polar surface area (TPSA) is 76.1 Å². The quantitative estimate of drug-likeness (QED) is 0.728. The minimum atomic E-state index is -0.165. The summed E-state index contributed by atoms with van der Waals surface area (Å²) in [5.74, 6) is 0.861. The molecule has 0 saturated carbocycles. The van der Waals surface area contributed by atoms with E-state index in [1.54, 1.807) is 0 Å². The highest BCUT2D eigenvalue weighted by molar-refractivity contribution is 5.65. The molecule has 0 spiro atoms. The van der Waals surface area contributed by atoms with E-state index in [-0.39, 0.29) is 18.2 Å². The van der Waals surface area contributed by atoms with E-state index in [1.807, 2.05) is 11.6 Å². The first-order valence-corrected chi connectivity index (χ1v) is 6.58. The van der Waals surface area contributed by atoms with E-state index in [2.05, 4.69) is 38.1 Å². The van der Waals surface area contributed by atoms with Crippen LogP contribution in [0.15, 0.2) is 0 Å². The van der Waals surface area contributed by atoms with Crippen molar-refractivity contribution in [1.82, 2.24) is 9.78 Å². The normalized spacial score (nSPS) is 14.8. The average molecular weight is 254 g/mol. The number of hydrogen-bond donors (Lipinski definition) is 3. The predicted octanol–water partition coefficient (Wildman–Crippen LogP) is 2.32. The van der Waals surface area contributed by atoms with Crippen LogP contribution >= 0.6 is 0 Å². The first-order chi connectivity index (χ1) is 8.34. The highest BCUT2D eigenvalue weighted by Crippen LogP contribution is 2.30. The standard InChI is InChI=1S/C13H26N4O/c1-6-13(5,7-8-18)15-12-11(14)10(4)16-17(12)9(2)3/h9,15,18H,6-8,14H2,1-5H3. The summed E-state index contributed by atoms with van der Waals surface area (Å²) >= 11 is 0. The number of anilines is 2. The minimum absolute atomic E-state index is 0.159. The molecular formula is C13H26N4O. The van der Waals surface area contributed by atoms with Gasteiger partial charge in [-0.3, -0.25) is 0 Å². The summed E-state index contributed by atoms with van der Waals surface area (Å²) in [6, 6.07) is 0.249. The number of hydrogen-bond acceptors (Lipinski definition) is 4. The number of nitrogens with one attached hydrogen (secondary N) is 1. The molecule has 5 nitrogen and oxygen atoms in total. The zero-order valence-corrected chi connectivity index (χ0v) is 12.1. The number of rotatable bonds is 6. The molecule has 0 aliphatic carbocycles. The van der Waals surface area contributed by atoms with Gasteiger partial charge < -0.3 is 16.2 Å². The third-order valence-electron chi connectivity index (χ3n) is 3.48. The Labute approximate surface area is 109 Å². The minimum Gasteiger partial charge on any atom is -0.396 e. The Morgan fingerprint density at radius 2 is 2.11 bits per heavy atom.